The molecule has 1 saturated carbocycles. The van der Waals surface area contributed by atoms with Crippen LogP contribution in [0.25, 0.3) is 0 Å². The molecule has 1 heterocycles. The largest absolute Gasteiger partial charge is 0.353 e. The van der Waals surface area contributed by atoms with Crippen LogP contribution in [0.15, 0.2) is 0 Å². The SMILES string of the molecule is CC1CC(NC(=O)CC2CCNCC2)C1.Cl. The Morgan fingerprint density at radius 1 is 1.31 bits per heavy atom. The van der Waals surface area contributed by atoms with Gasteiger partial charge in [-0.3, -0.25) is 4.79 Å². The number of amides is 1. The third-order valence-electron chi connectivity index (χ3n) is 3.67. The van der Waals surface area contributed by atoms with Crippen LogP contribution < -0.4 is 10.6 Å². The first kappa shape index (κ1) is 13.8. The predicted octanol–water partition coefficient (Wildman–Crippen LogP) is 1.71. The third kappa shape index (κ3) is 3.95. The summed E-state index contributed by atoms with van der Waals surface area (Å²) in [6.07, 6.45) is 5.42. The van der Waals surface area contributed by atoms with E-state index in [-0.39, 0.29) is 18.3 Å². The number of hydrogen-bond donors (Lipinski definition) is 2. The second-order valence-electron chi connectivity index (χ2n) is 5.24. The molecule has 1 aliphatic heterocycles. The molecule has 0 unspecified atom stereocenters. The van der Waals surface area contributed by atoms with Gasteiger partial charge in [-0.2, -0.15) is 0 Å². The fourth-order valence-electron chi connectivity index (χ4n) is 2.65. The first-order valence-electron chi connectivity index (χ1n) is 6.24. The van der Waals surface area contributed by atoms with Crippen LogP contribution in [0.4, 0.5) is 0 Å². The Morgan fingerprint density at radius 2 is 1.94 bits per heavy atom. The Kier molecular flexibility index (Phi) is 5.56. The molecular weight excluding hydrogens is 224 g/mol. The molecule has 16 heavy (non-hydrogen) atoms. The number of halogens is 1. The fourth-order valence-corrected chi connectivity index (χ4v) is 2.65. The van der Waals surface area contributed by atoms with E-state index in [2.05, 4.69) is 17.6 Å². The average molecular weight is 247 g/mol. The Labute approximate surface area is 104 Å². The van der Waals surface area contributed by atoms with Gasteiger partial charge in [0.05, 0.1) is 0 Å². The van der Waals surface area contributed by atoms with Crippen molar-refractivity contribution < 1.29 is 4.79 Å². The van der Waals surface area contributed by atoms with Crippen molar-refractivity contribution in [2.24, 2.45) is 11.8 Å². The van der Waals surface area contributed by atoms with Crippen LogP contribution in [0, 0.1) is 11.8 Å². The number of carbonyl (C=O) groups is 1. The summed E-state index contributed by atoms with van der Waals surface area (Å²) in [5.74, 6) is 1.71. The summed E-state index contributed by atoms with van der Waals surface area (Å²) >= 11 is 0. The zero-order valence-electron chi connectivity index (χ0n) is 10.00. The molecule has 0 bridgehead atoms. The van der Waals surface area contributed by atoms with Gasteiger partial charge in [0.25, 0.3) is 0 Å². The third-order valence-corrected chi connectivity index (χ3v) is 3.67. The minimum atomic E-state index is 0. The van der Waals surface area contributed by atoms with Gasteiger partial charge < -0.3 is 10.6 Å². The van der Waals surface area contributed by atoms with Gasteiger partial charge in [-0.1, -0.05) is 6.92 Å². The predicted molar refractivity (Wildman–Crippen MR) is 67.8 cm³/mol. The molecule has 2 aliphatic rings. The number of rotatable bonds is 3. The Bertz CT molecular complexity index is 223. The molecule has 1 amide bonds. The maximum Gasteiger partial charge on any atom is 0.220 e. The lowest BCUT2D eigenvalue weighted by atomic mass is 9.81. The molecule has 2 N–H and O–H groups in total. The topological polar surface area (TPSA) is 41.1 Å². The monoisotopic (exact) mass is 246 g/mol. The fraction of sp³-hybridized carbons (Fsp3) is 0.917. The molecule has 0 spiro atoms. The highest BCUT2D eigenvalue weighted by Gasteiger charge is 2.27. The molecule has 2 rings (SSSR count). The molecule has 4 heteroatoms. The average Bonchev–Trinajstić information content (AvgIpc) is 2.17. The number of carbonyl (C=O) groups excluding carboxylic acids is 1. The first-order valence-corrected chi connectivity index (χ1v) is 6.24. The van der Waals surface area contributed by atoms with Crippen molar-refractivity contribution in [3.63, 3.8) is 0 Å². The van der Waals surface area contributed by atoms with Crippen LogP contribution in [0.5, 0.6) is 0 Å². The van der Waals surface area contributed by atoms with Crippen molar-refractivity contribution in [3.8, 4) is 0 Å². The molecule has 1 aliphatic carbocycles. The van der Waals surface area contributed by atoms with Gasteiger partial charge >= 0.3 is 0 Å². The van der Waals surface area contributed by atoms with Crippen LogP contribution in [-0.2, 0) is 4.79 Å². The zero-order valence-corrected chi connectivity index (χ0v) is 10.8. The molecule has 3 nitrogen and oxygen atoms in total. The highest BCUT2D eigenvalue weighted by atomic mass is 35.5. The van der Waals surface area contributed by atoms with Crippen molar-refractivity contribution in [1.29, 1.82) is 0 Å². The quantitative estimate of drug-likeness (QED) is 0.796. The second-order valence-corrected chi connectivity index (χ2v) is 5.24. The molecule has 0 aromatic carbocycles. The van der Waals surface area contributed by atoms with E-state index in [0.29, 0.717) is 12.0 Å². The zero-order chi connectivity index (χ0) is 10.7. The molecule has 94 valence electrons. The van der Waals surface area contributed by atoms with Gasteiger partial charge in [-0.05, 0) is 50.6 Å². The Hall–Kier alpha value is -0.280. The summed E-state index contributed by atoms with van der Waals surface area (Å²) in [5.41, 5.74) is 0. The Balaban J connectivity index is 0.00000128. The van der Waals surface area contributed by atoms with Crippen LogP contribution in [-0.4, -0.2) is 25.0 Å². The van der Waals surface area contributed by atoms with Crippen molar-refractivity contribution in [2.45, 2.75) is 45.1 Å². The van der Waals surface area contributed by atoms with Crippen molar-refractivity contribution >= 4 is 18.3 Å². The summed E-state index contributed by atoms with van der Waals surface area (Å²) in [6.45, 7) is 4.41. The maximum absolute atomic E-state index is 11.7. The molecule has 0 atom stereocenters. The molecule has 2 fully saturated rings. The van der Waals surface area contributed by atoms with Crippen LogP contribution >= 0.6 is 12.4 Å². The Morgan fingerprint density at radius 3 is 2.50 bits per heavy atom. The lowest BCUT2D eigenvalue weighted by Crippen LogP contribution is -2.44. The lowest BCUT2D eigenvalue weighted by Gasteiger charge is -2.33. The smallest absolute Gasteiger partial charge is 0.220 e. The molecule has 0 radical (unpaired) electrons. The van der Waals surface area contributed by atoms with Gasteiger partial charge in [0, 0.05) is 12.5 Å². The maximum atomic E-state index is 11.7. The molecule has 1 saturated heterocycles. The summed E-state index contributed by atoms with van der Waals surface area (Å²) in [5, 5.41) is 6.46. The van der Waals surface area contributed by atoms with E-state index in [1.807, 2.05) is 0 Å². The van der Waals surface area contributed by atoms with E-state index in [4.69, 9.17) is 0 Å². The molecule has 0 aromatic heterocycles. The van der Waals surface area contributed by atoms with Crippen molar-refractivity contribution in [1.82, 2.24) is 10.6 Å². The first-order chi connectivity index (χ1) is 7.24. The minimum Gasteiger partial charge on any atom is -0.353 e. The number of piperidine rings is 1. The van der Waals surface area contributed by atoms with E-state index in [1.54, 1.807) is 0 Å². The van der Waals surface area contributed by atoms with Crippen LogP contribution in [0.1, 0.15) is 39.0 Å². The van der Waals surface area contributed by atoms with Gasteiger partial charge in [0.15, 0.2) is 0 Å². The highest BCUT2D eigenvalue weighted by Crippen LogP contribution is 2.26. The van der Waals surface area contributed by atoms with Crippen molar-refractivity contribution in [3.05, 3.63) is 0 Å². The summed E-state index contributed by atoms with van der Waals surface area (Å²) in [7, 11) is 0. The summed E-state index contributed by atoms with van der Waals surface area (Å²) in [4.78, 5) is 11.7. The van der Waals surface area contributed by atoms with E-state index in [0.717, 1.165) is 38.3 Å². The normalized spacial score (nSPS) is 30.1. The molecule has 0 aromatic rings. The van der Waals surface area contributed by atoms with Gasteiger partial charge in [0.2, 0.25) is 5.91 Å². The second kappa shape index (κ2) is 6.45. The van der Waals surface area contributed by atoms with Gasteiger partial charge in [0.1, 0.15) is 0 Å². The van der Waals surface area contributed by atoms with Crippen LogP contribution in [0.2, 0.25) is 0 Å². The number of nitrogens with one attached hydrogen (secondary N) is 2. The summed E-state index contributed by atoms with van der Waals surface area (Å²) in [6, 6.07) is 0.481. The lowest BCUT2D eigenvalue weighted by molar-refractivity contribution is -0.123. The standard InChI is InChI=1S/C12H22N2O.ClH/c1-9-6-11(7-9)14-12(15)8-10-2-4-13-5-3-10;/h9-11,13H,2-8H2,1H3,(H,14,15);1H. The number of hydrogen-bond acceptors (Lipinski definition) is 2. The van der Waals surface area contributed by atoms with E-state index in [1.165, 1.54) is 12.8 Å². The van der Waals surface area contributed by atoms with Crippen molar-refractivity contribution in [2.75, 3.05) is 13.1 Å². The minimum absolute atomic E-state index is 0. The van der Waals surface area contributed by atoms with Crippen LogP contribution in [0.3, 0.4) is 0 Å². The molecular formula is C12H23ClN2O. The van der Waals surface area contributed by atoms with E-state index in [9.17, 15) is 4.79 Å². The van der Waals surface area contributed by atoms with E-state index >= 15 is 0 Å². The van der Waals surface area contributed by atoms with E-state index < -0.39 is 0 Å². The highest BCUT2D eigenvalue weighted by molar-refractivity contribution is 5.85. The van der Waals surface area contributed by atoms with Gasteiger partial charge in [-0.15, -0.1) is 12.4 Å². The van der Waals surface area contributed by atoms with Gasteiger partial charge in [-0.25, -0.2) is 0 Å². The summed E-state index contributed by atoms with van der Waals surface area (Å²) < 4.78 is 0.